The first-order chi connectivity index (χ1) is 12.0. The van der Waals surface area contributed by atoms with Crippen molar-refractivity contribution in [2.45, 2.75) is 36.6 Å². The third kappa shape index (κ3) is 4.15. The summed E-state index contributed by atoms with van der Waals surface area (Å²) in [6.45, 7) is 0. The van der Waals surface area contributed by atoms with Gasteiger partial charge in [-0.05, 0) is 43.2 Å². The van der Waals surface area contributed by atoms with Crippen LogP contribution in [0.4, 0.5) is 5.82 Å². The first-order valence-electron chi connectivity index (χ1n) is 8.03. The molecule has 3 N–H and O–H groups in total. The summed E-state index contributed by atoms with van der Waals surface area (Å²) in [5.41, 5.74) is 0.166. The van der Waals surface area contributed by atoms with Crippen molar-refractivity contribution in [1.82, 2.24) is 9.71 Å². The molecule has 1 heterocycles. The highest BCUT2D eigenvalue weighted by molar-refractivity contribution is 7.89. The average molecular weight is 361 g/mol. The van der Waals surface area contributed by atoms with Gasteiger partial charge in [0.05, 0.1) is 4.90 Å². The van der Waals surface area contributed by atoms with Crippen molar-refractivity contribution < 1.29 is 18.3 Å². The van der Waals surface area contributed by atoms with Crippen molar-refractivity contribution in [3.05, 3.63) is 48.2 Å². The number of pyridine rings is 1. The lowest BCUT2D eigenvalue weighted by Gasteiger charge is -2.13. The quantitative estimate of drug-likeness (QED) is 0.757. The number of hydrogen-bond donors (Lipinski definition) is 3. The van der Waals surface area contributed by atoms with E-state index in [1.54, 1.807) is 0 Å². The highest BCUT2D eigenvalue weighted by atomic mass is 32.2. The van der Waals surface area contributed by atoms with Crippen LogP contribution in [0.15, 0.2) is 47.5 Å². The molecule has 1 aliphatic rings. The summed E-state index contributed by atoms with van der Waals surface area (Å²) < 4.78 is 27.6. The lowest BCUT2D eigenvalue weighted by atomic mass is 10.2. The zero-order valence-corrected chi connectivity index (χ0v) is 14.3. The molecule has 0 bridgehead atoms. The molecule has 1 fully saturated rings. The second kappa shape index (κ2) is 7.20. The molecule has 25 heavy (non-hydrogen) atoms. The van der Waals surface area contributed by atoms with Crippen LogP contribution in [0.25, 0.3) is 0 Å². The van der Waals surface area contributed by atoms with Crippen LogP contribution in [-0.2, 0) is 10.0 Å². The maximum absolute atomic E-state index is 12.5. The predicted octanol–water partition coefficient (Wildman–Crippen LogP) is 2.26. The number of aromatic nitrogens is 1. The summed E-state index contributed by atoms with van der Waals surface area (Å²) in [7, 11) is -3.68. The van der Waals surface area contributed by atoms with Gasteiger partial charge in [0.1, 0.15) is 0 Å². The largest absolute Gasteiger partial charge is 0.504 e. The Morgan fingerprint density at radius 3 is 2.64 bits per heavy atom. The van der Waals surface area contributed by atoms with E-state index in [1.165, 1.54) is 42.6 Å². The molecule has 1 aromatic heterocycles. The third-order valence-electron chi connectivity index (χ3n) is 4.10. The van der Waals surface area contributed by atoms with Gasteiger partial charge >= 0.3 is 0 Å². The van der Waals surface area contributed by atoms with Gasteiger partial charge in [-0.15, -0.1) is 0 Å². The maximum Gasteiger partial charge on any atom is 0.256 e. The summed E-state index contributed by atoms with van der Waals surface area (Å²) in [4.78, 5) is 16.2. The lowest BCUT2D eigenvalue weighted by molar-refractivity contribution is 0.102. The summed E-state index contributed by atoms with van der Waals surface area (Å²) in [5.74, 6) is -0.695. The Morgan fingerprint density at radius 2 is 1.92 bits per heavy atom. The molecule has 0 radical (unpaired) electrons. The minimum absolute atomic E-state index is 0.0184. The van der Waals surface area contributed by atoms with Crippen LogP contribution < -0.4 is 10.0 Å². The Hall–Kier alpha value is -2.45. The van der Waals surface area contributed by atoms with Crippen molar-refractivity contribution in [2.24, 2.45) is 0 Å². The van der Waals surface area contributed by atoms with Crippen LogP contribution in [0.1, 0.15) is 36.0 Å². The molecule has 8 heteroatoms. The molecule has 1 aromatic carbocycles. The number of carbonyl (C=O) groups excluding carboxylic acids is 1. The van der Waals surface area contributed by atoms with Crippen LogP contribution >= 0.6 is 0 Å². The minimum atomic E-state index is -3.68. The summed E-state index contributed by atoms with van der Waals surface area (Å²) in [6, 6.07) is 8.66. The van der Waals surface area contributed by atoms with Gasteiger partial charge < -0.3 is 10.4 Å². The van der Waals surface area contributed by atoms with Crippen LogP contribution in [0, 0.1) is 0 Å². The third-order valence-corrected chi connectivity index (χ3v) is 5.62. The van der Waals surface area contributed by atoms with E-state index in [2.05, 4.69) is 15.0 Å². The molecule has 2 aromatic rings. The van der Waals surface area contributed by atoms with Gasteiger partial charge in [0.2, 0.25) is 10.0 Å². The molecule has 0 atom stereocenters. The molecule has 132 valence electrons. The number of nitrogens with zero attached hydrogens (tertiary/aromatic N) is 1. The fourth-order valence-corrected chi connectivity index (χ4v) is 4.16. The van der Waals surface area contributed by atoms with Crippen molar-refractivity contribution in [1.29, 1.82) is 0 Å². The molecule has 3 rings (SSSR count). The number of amides is 1. The molecule has 1 saturated carbocycles. The molecule has 0 spiro atoms. The highest BCUT2D eigenvalue weighted by Gasteiger charge is 2.23. The molecule has 1 amide bonds. The Bertz CT molecular complexity index is 877. The summed E-state index contributed by atoms with van der Waals surface area (Å²) in [5, 5.41) is 12.1. The molecular weight excluding hydrogens is 342 g/mol. The maximum atomic E-state index is 12.5. The summed E-state index contributed by atoms with van der Waals surface area (Å²) >= 11 is 0. The van der Waals surface area contributed by atoms with Crippen molar-refractivity contribution >= 4 is 21.7 Å². The van der Waals surface area contributed by atoms with Crippen LogP contribution in [-0.4, -0.2) is 30.5 Å². The fraction of sp³-hybridized carbons (Fsp3) is 0.294. The van der Waals surface area contributed by atoms with E-state index in [4.69, 9.17) is 0 Å². The molecule has 0 unspecified atom stereocenters. The number of aromatic hydroxyl groups is 1. The van der Waals surface area contributed by atoms with E-state index >= 15 is 0 Å². The van der Waals surface area contributed by atoms with Gasteiger partial charge in [-0.1, -0.05) is 18.9 Å². The number of carbonyl (C=O) groups is 1. The summed E-state index contributed by atoms with van der Waals surface area (Å²) in [6.07, 6.45) is 5.13. The molecule has 0 aliphatic heterocycles. The number of sulfonamides is 1. The second-order valence-corrected chi connectivity index (χ2v) is 7.67. The molecule has 0 saturated heterocycles. The highest BCUT2D eigenvalue weighted by Crippen LogP contribution is 2.22. The van der Waals surface area contributed by atoms with E-state index in [9.17, 15) is 18.3 Å². The van der Waals surface area contributed by atoms with E-state index in [1.807, 2.05) is 0 Å². The zero-order chi connectivity index (χ0) is 17.9. The number of rotatable bonds is 5. The first-order valence-corrected chi connectivity index (χ1v) is 9.52. The first kappa shape index (κ1) is 17.4. The van der Waals surface area contributed by atoms with E-state index in [0.29, 0.717) is 0 Å². The predicted molar refractivity (Wildman–Crippen MR) is 92.9 cm³/mol. The number of anilines is 1. The number of hydrogen-bond acceptors (Lipinski definition) is 5. The average Bonchev–Trinajstić information content (AvgIpc) is 3.09. The molecular formula is C17H19N3O4S. The van der Waals surface area contributed by atoms with E-state index in [0.717, 1.165) is 25.7 Å². The fourth-order valence-electron chi connectivity index (χ4n) is 2.81. The molecule has 7 nitrogen and oxygen atoms in total. The van der Waals surface area contributed by atoms with E-state index < -0.39 is 15.9 Å². The topological polar surface area (TPSA) is 108 Å². The van der Waals surface area contributed by atoms with Crippen LogP contribution in [0.3, 0.4) is 0 Å². The minimum Gasteiger partial charge on any atom is -0.504 e. The SMILES string of the molecule is O=C(Nc1ncccc1O)c1cccc(S(=O)(=O)NC2CCCC2)c1. The van der Waals surface area contributed by atoms with Gasteiger partial charge in [-0.2, -0.15) is 0 Å². The van der Waals surface area contributed by atoms with Gasteiger partial charge in [0, 0.05) is 17.8 Å². The number of nitrogens with one attached hydrogen (secondary N) is 2. The van der Waals surface area contributed by atoms with Crippen LogP contribution in [0.5, 0.6) is 5.75 Å². The van der Waals surface area contributed by atoms with Gasteiger partial charge in [0.15, 0.2) is 11.6 Å². The smallest absolute Gasteiger partial charge is 0.256 e. The van der Waals surface area contributed by atoms with Gasteiger partial charge in [-0.3, -0.25) is 4.79 Å². The van der Waals surface area contributed by atoms with Crippen molar-refractivity contribution in [3.63, 3.8) is 0 Å². The van der Waals surface area contributed by atoms with Gasteiger partial charge in [0.25, 0.3) is 5.91 Å². The Balaban J connectivity index is 1.78. The van der Waals surface area contributed by atoms with E-state index in [-0.39, 0.29) is 28.1 Å². The zero-order valence-electron chi connectivity index (χ0n) is 13.5. The standard InChI is InChI=1S/C17H19N3O4S/c21-15-9-4-10-18-16(15)19-17(22)12-5-3-8-14(11-12)25(23,24)20-13-6-1-2-7-13/h3-5,8-11,13,20-21H,1-2,6-7H2,(H,18,19,22). The Kier molecular flexibility index (Phi) is 5.00. The lowest BCUT2D eigenvalue weighted by Crippen LogP contribution is -2.32. The monoisotopic (exact) mass is 361 g/mol. The van der Waals surface area contributed by atoms with Crippen LogP contribution in [0.2, 0.25) is 0 Å². The Morgan fingerprint density at radius 1 is 1.16 bits per heavy atom. The van der Waals surface area contributed by atoms with Crippen molar-refractivity contribution in [2.75, 3.05) is 5.32 Å². The number of benzene rings is 1. The molecule has 1 aliphatic carbocycles. The normalized spacial score (nSPS) is 15.2. The van der Waals surface area contributed by atoms with Crippen molar-refractivity contribution in [3.8, 4) is 5.75 Å². The van der Waals surface area contributed by atoms with Gasteiger partial charge in [-0.25, -0.2) is 18.1 Å². The Labute approximate surface area is 146 Å². The second-order valence-electron chi connectivity index (χ2n) is 5.96.